The van der Waals surface area contributed by atoms with Gasteiger partial charge in [0.15, 0.2) is 6.17 Å². The minimum atomic E-state index is -0.388. The zero-order chi connectivity index (χ0) is 27.6. The summed E-state index contributed by atoms with van der Waals surface area (Å²) in [5.74, 6) is 1.64. The summed E-state index contributed by atoms with van der Waals surface area (Å²) >= 11 is 0. The number of aliphatic imine (C=N–C) groups is 2. The molecule has 0 saturated carbocycles. The topological polar surface area (TPSA) is 52.0 Å². The van der Waals surface area contributed by atoms with Crippen molar-refractivity contribution in [1.82, 2.24) is 15.8 Å². The molecule has 5 nitrogen and oxygen atoms in total. The Morgan fingerprint density at radius 1 is 0.659 bits per heavy atom. The largest absolute Gasteiger partial charge is 0.325 e. The highest BCUT2D eigenvalue weighted by molar-refractivity contribution is 6.16. The molecular weight excluding hydrogens is 502 g/mol. The first kappa shape index (κ1) is 25.0. The zero-order valence-electron chi connectivity index (χ0n) is 23.0. The Morgan fingerprint density at radius 3 is 1.88 bits per heavy atom. The van der Waals surface area contributed by atoms with Crippen LogP contribution in [0.4, 0.5) is 0 Å². The maximum atomic E-state index is 5.16. The lowest BCUT2D eigenvalue weighted by atomic mass is 9.92. The van der Waals surface area contributed by atoms with E-state index in [9.17, 15) is 0 Å². The third-order valence-electron chi connectivity index (χ3n) is 7.78. The van der Waals surface area contributed by atoms with Crippen LogP contribution in [0.5, 0.6) is 0 Å². The number of fused-ring (bicyclic) bond motifs is 1. The van der Waals surface area contributed by atoms with Crippen LogP contribution in [0.3, 0.4) is 0 Å². The Morgan fingerprint density at radius 2 is 1.27 bits per heavy atom. The summed E-state index contributed by atoms with van der Waals surface area (Å²) in [6.07, 6.45) is 1.72. The Labute approximate surface area is 240 Å². The smallest absolute Gasteiger partial charge is 0.170 e. The molecule has 0 amide bonds. The molecule has 5 heteroatoms. The molecule has 0 unspecified atom stereocenters. The molecule has 0 saturated heterocycles. The molecule has 41 heavy (non-hydrogen) atoms. The van der Waals surface area contributed by atoms with E-state index in [1.165, 1.54) is 33.0 Å². The second kappa shape index (κ2) is 10.9. The van der Waals surface area contributed by atoms with Crippen LogP contribution in [0, 0.1) is 0 Å². The molecule has 0 aromatic heterocycles. The summed E-state index contributed by atoms with van der Waals surface area (Å²) in [5.41, 5.74) is 11.4. The predicted octanol–water partition coefficient (Wildman–Crippen LogP) is 7.18. The first-order valence-corrected chi connectivity index (χ1v) is 14.1. The highest BCUT2D eigenvalue weighted by atomic mass is 15.5. The SMILES string of the molecule is CCN1CC(c2ccc(-c3cccc4cccc(C5N=C(c6ccccc6)NC(c6ccccc6)=N5)c34)cc2)=CN1. The van der Waals surface area contributed by atoms with Gasteiger partial charge in [-0.15, -0.1) is 0 Å². The number of hydrazine groups is 1. The van der Waals surface area contributed by atoms with E-state index in [4.69, 9.17) is 9.98 Å². The molecule has 5 aromatic carbocycles. The molecule has 0 aliphatic carbocycles. The summed E-state index contributed by atoms with van der Waals surface area (Å²) in [4.78, 5) is 10.3. The highest BCUT2D eigenvalue weighted by Crippen LogP contribution is 2.37. The van der Waals surface area contributed by atoms with Gasteiger partial charge in [0.05, 0.1) is 0 Å². The minimum absolute atomic E-state index is 0.388. The van der Waals surface area contributed by atoms with Gasteiger partial charge in [-0.25, -0.2) is 15.0 Å². The monoisotopic (exact) mass is 533 g/mol. The van der Waals surface area contributed by atoms with Gasteiger partial charge in [0.2, 0.25) is 0 Å². The lowest BCUT2D eigenvalue weighted by molar-refractivity contribution is 0.284. The highest BCUT2D eigenvalue weighted by Gasteiger charge is 2.23. The standard InChI is InChI=1S/C36H31N5/c1-2-41-24-30(23-37-41)25-19-21-26(22-20-25)31-17-9-15-27-16-10-18-32(33(27)31)36-39-34(28-11-5-3-6-12-28)38-35(40-36)29-13-7-4-8-14-29/h3-23,36-37H,2,24H2,1H3,(H,38,39,40). The van der Waals surface area contributed by atoms with Gasteiger partial charge in [-0.3, -0.25) is 0 Å². The van der Waals surface area contributed by atoms with E-state index < -0.39 is 0 Å². The zero-order valence-corrected chi connectivity index (χ0v) is 23.0. The molecule has 0 radical (unpaired) electrons. The van der Waals surface area contributed by atoms with Gasteiger partial charge in [-0.2, -0.15) is 0 Å². The van der Waals surface area contributed by atoms with Gasteiger partial charge in [0, 0.05) is 36.0 Å². The van der Waals surface area contributed by atoms with Crippen LogP contribution < -0.4 is 10.7 Å². The number of nitrogens with one attached hydrogen (secondary N) is 2. The summed E-state index contributed by atoms with van der Waals surface area (Å²) in [6.45, 7) is 4.04. The second-order valence-electron chi connectivity index (χ2n) is 10.3. The van der Waals surface area contributed by atoms with Gasteiger partial charge in [-0.1, -0.05) is 128 Å². The molecule has 0 atom stereocenters. The van der Waals surface area contributed by atoms with Crippen LogP contribution in [0.1, 0.15) is 35.3 Å². The summed E-state index contributed by atoms with van der Waals surface area (Å²) in [7, 11) is 0. The van der Waals surface area contributed by atoms with Crippen molar-refractivity contribution in [3.05, 3.63) is 150 Å². The molecule has 2 heterocycles. The van der Waals surface area contributed by atoms with Gasteiger partial charge >= 0.3 is 0 Å². The fraction of sp³-hybridized carbons (Fsp3) is 0.111. The minimum Gasteiger partial charge on any atom is -0.325 e. The normalized spacial score (nSPS) is 15.6. The fourth-order valence-corrected chi connectivity index (χ4v) is 5.61. The van der Waals surface area contributed by atoms with Crippen molar-refractivity contribution in [2.45, 2.75) is 13.1 Å². The van der Waals surface area contributed by atoms with E-state index >= 15 is 0 Å². The number of amidine groups is 2. The van der Waals surface area contributed by atoms with Crippen LogP contribution in [-0.2, 0) is 0 Å². The van der Waals surface area contributed by atoms with Crippen LogP contribution in [-0.4, -0.2) is 29.8 Å². The maximum Gasteiger partial charge on any atom is 0.170 e. The average Bonchev–Trinajstić information content (AvgIpc) is 3.54. The molecule has 0 fully saturated rings. The Hall–Kier alpha value is -5.00. The van der Waals surface area contributed by atoms with Crippen LogP contribution in [0.25, 0.3) is 27.5 Å². The maximum absolute atomic E-state index is 5.16. The summed E-state index contributed by atoms with van der Waals surface area (Å²) in [6, 6.07) is 42.5. The lowest BCUT2D eigenvalue weighted by Crippen LogP contribution is -2.36. The molecule has 200 valence electrons. The number of likely N-dealkylation sites (N-methyl/N-ethyl adjacent to an activating group) is 1. The van der Waals surface area contributed by atoms with E-state index in [1.807, 2.05) is 36.4 Å². The van der Waals surface area contributed by atoms with Crippen LogP contribution in [0.15, 0.2) is 138 Å². The molecule has 7 rings (SSSR count). The number of rotatable bonds is 6. The third-order valence-corrected chi connectivity index (χ3v) is 7.78. The van der Waals surface area contributed by atoms with Crippen molar-refractivity contribution in [3.8, 4) is 11.1 Å². The third kappa shape index (κ3) is 4.92. The van der Waals surface area contributed by atoms with E-state index in [1.54, 1.807) is 0 Å². The predicted molar refractivity (Wildman–Crippen MR) is 170 cm³/mol. The average molecular weight is 534 g/mol. The van der Waals surface area contributed by atoms with Crippen molar-refractivity contribution in [3.63, 3.8) is 0 Å². The van der Waals surface area contributed by atoms with Crippen molar-refractivity contribution in [2.24, 2.45) is 9.98 Å². The molecule has 0 bridgehead atoms. The van der Waals surface area contributed by atoms with Crippen molar-refractivity contribution < 1.29 is 0 Å². The van der Waals surface area contributed by atoms with Gasteiger partial charge in [-0.05, 0) is 33.0 Å². The second-order valence-corrected chi connectivity index (χ2v) is 10.3. The Kier molecular flexibility index (Phi) is 6.63. The van der Waals surface area contributed by atoms with Crippen molar-refractivity contribution in [2.75, 3.05) is 13.1 Å². The number of hydrogen-bond acceptors (Lipinski definition) is 5. The molecule has 2 N–H and O–H groups in total. The number of hydrogen-bond donors (Lipinski definition) is 2. The molecule has 5 aromatic rings. The van der Waals surface area contributed by atoms with Gasteiger partial charge < -0.3 is 10.7 Å². The Bertz CT molecular complexity index is 1730. The first-order valence-electron chi connectivity index (χ1n) is 14.1. The number of nitrogens with zero attached hydrogens (tertiary/aromatic N) is 3. The van der Waals surface area contributed by atoms with Gasteiger partial charge in [0.1, 0.15) is 11.7 Å². The molecular formula is C36H31N5. The summed E-state index contributed by atoms with van der Waals surface area (Å²) in [5, 5.41) is 8.07. The van der Waals surface area contributed by atoms with E-state index in [2.05, 4.69) is 114 Å². The van der Waals surface area contributed by atoms with Crippen LogP contribution >= 0.6 is 0 Å². The molecule has 0 spiro atoms. The van der Waals surface area contributed by atoms with Crippen molar-refractivity contribution in [1.29, 1.82) is 0 Å². The van der Waals surface area contributed by atoms with E-state index in [0.29, 0.717) is 0 Å². The number of benzene rings is 5. The van der Waals surface area contributed by atoms with Crippen LogP contribution in [0.2, 0.25) is 0 Å². The summed E-state index contributed by atoms with van der Waals surface area (Å²) < 4.78 is 0. The fourth-order valence-electron chi connectivity index (χ4n) is 5.61. The Balaban J connectivity index is 1.34. The lowest BCUT2D eigenvalue weighted by Gasteiger charge is -2.24. The first-order chi connectivity index (χ1) is 20.3. The molecule has 2 aliphatic heterocycles. The van der Waals surface area contributed by atoms with E-state index in [-0.39, 0.29) is 6.17 Å². The van der Waals surface area contributed by atoms with Gasteiger partial charge in [0.25, 0.3) is 0 Å². The molecule has 2 aliphatic rings. The van der Waals surface area contributed by atoms with E-state index in [0.717, 1.165) is 41.5 Å². The van der Waals surface area contributed by atoms with Crippen molar-refractivity contribution >= 4 is 28.0 Å². The quantitative estimate of drug-likeness (QED) is 0.243.